The Morgan fingerprint density at radius 1 is 0.692 bits per heavy atom. The van der Waals surface area contributed by atoms with Gasteiger partial charge in [0.2, 0.25) is 11.2 Å². The number of rotatable bonds is 13. The number of azo groups is 2. The van der Waals surface area contributed by atoms with E-state index in [-0.39, 0.29) is 97.0 Å². The Labute approximate surface area is 459 Å². The number of nitro benzene ring substituents is 1. The summed E-state index contributed by atoms with van der Waals surface area (Å²) < 4.78 is 83.4. The van der Waals surface area contributed by atoms with Crippen molar-refractivity contribution in [1.82, 2.24) is 24.7 Å². The van der Waals surface area contributed by atoms with Crippen molar-refractivity contribution in [2.75, 3.05) is 0 Å². The summed E-state index contributed by atoms with van der Waals surface area (Å²) in [5, 5.41) is 75.6. The van der Waals surface area contributed by atoms with Crippen molar-refractivity contribution in [1.29, 1.82) is 0 Å². The van der Waals surface area contributed by atoms with Crippen molar-refractivity contribution >= 4 is 92.1 Å². The molecule has 0 aliphatic rings. The summed E-state index contributed by atoms with van der Waals surface area (Å²) in [6.45, 7) is 4.97. The van der Waals surface area contributed by atoms with Crippen LogP contribution < -0.4 is 0 Å². The number of phenols is 3. The first-order valence-corrected chi connectivity index (χ1v) is 26.1. The number of aromatic nitrogens is 5. The molecular weight excluding hydrogens is 1140 g/mol. The largest absolute Gasteiger partial charge is 0.506 e. The standard InChI is InChI=1S/C29H21ClN6O6S.C20H16N4O5S.Cr.O3S/c1-2-43(41,42)21-9-4-17(5-10-21)14-26-31-27(33-29(30)32-26)15-18-3-6-19-7-11-23(28(38)22(19)13-18)34-35-24-16-20(36(39)40)8-12-25(24)37;1-12-18(20(26)24(23-12)13-7-3-2-4-8-13)21-22-19-15-10-6-5-9-14(15)17(11-16(19)25)30(27,28)29;;1-4(2)3/h2-13,16,37-38H,1,14-15H2;2-11,25-26H,1H3,(H,27,28,29);;. The molecule has 2 aromatic heterocycles. The molecule has 24 nitrogen and oxygen atoms in total. The van der Waals surface area contributed by atoms with Gasteiger partial charge in [0.05, 0.1) is 21.2 Å². The van der Waals surface area contributed by atoms with E-state index in [1.807, 2.05) is 12.1 Å². The zero-order valence-electron chi connectivity index (χ0n) is 39.8. The molecule has 0 unspecified atom stereocenters. The van der Waals surface area contributed by atoms with Gasteiger partial charge in [-0.05, 0) is 77.5 Å². The number of benzene rings is 7. The van der Waals surface area contributed by atoms with Gasteiger partial charge in [-0.1, -0.05) is 79.4 Å². The van der Waals surface area contributed by atoms with Gasteiger partial charge in [-0.3, -0.25) is 14.7 Å². The van der Waals surface area contributed by atoms with Crippen LogP contribution in [0.1, 0.15) is 28.5 Å². The van der Waals surface area contributed by atoms with Crippen LogP contribution in [0.15, 0.2) is 176 Å². The second-order valence-corrected chi connectivity index (χ2v) is 20.0. The molecule has 78 heavy (non-hydrogen) atoms. The quantitative estimate of drug-likeness (QED) is 0.0310. The topological polar surface area (TPSA) is 370 Å². The molecule has 0 fully saturated rings. The summed E-state index contributed by atoms with van der Waals surface area (Å²) in [4.78, 5) is 23.0. The summed E-state index contributed by atoms with van der Waals surface area (Å²) >= 11 is 6.18. The Morgan fingerprint density at radius 2 is 1.27 bits per heavy atom. The van der Waals surface area contributed by atoms with Gasteiger partial charge in [-0.25, -0.2) is 23.4 Å². The molecule has 398 valence electrons. The maximum Gasteiger partial charge on any atom is 0.425 e. The van der Waals surface area contributed by atoms with Crippen LogP contribution in [0.5, 0.6) is 23.1 Å². The van der Waals surface area contributed by atoms with E-state index in [0.29, 0.717) is 28.4 Å². The number of hydrogen-bond donors (Lipinski definition) is 5. The van der Waals surface area contributed by atoms with Crippen LogP contribution in [0, 0.1) is 17.0 Å². The number of para-hydroxylation sites is 1. The molecule has 0 atom stereocenters. The van der Waals surface area contributed by atoms with E-state index in [0.717, 1.165) is 46.2 Å². The average molecular weight is 1170 g/mol. The van der Waals surface area contributed by atoms with Crippen LogP contribution in [0.2, 0.25) is 5.28 Å². The number of fused-ring (bicyclic) bond motifs is 2. The number of sulfone groups is 1. The van der Waals surface area contributed by atoms with Gasteiger partial charge < -0.3 is 20.4 Å². The first kappa shape index (κ1) is 58.4. The first-order valence-electron chi connectivity index (χ1n) is 21.8. The molecule has 7 aromatic carbocycles. The van der Waals surface area contributed by atoms with Gasteiger partial charge >= 0.3 is 10.6 Å². The van der Waals surface area contributed by atoms with Crippen molar-refractivity contribution < 1.29 is 76.7 Å². The predicted molar refractivity (Wildman–Crippen MR) is 278 cm³/mol. The van der Waals surface area contributed by atoms with E-state index >= 15 is 0 Å². The van der Waals surface area contributed by atoms with Gasteiger partial charge in [0.25, 0.3) is 15.8 Å². The van der Waals surface area contributed by atoms with Crippen molar-refractivity contribution in [2.45, 2.75) is 29.6 Å². The fourth-order valence-electron chi connectivity index (χ4n) is 7.30. The molecule has 0 aliphatic heterocycles. The van der Waals surface area contributed by atoms with Gasteiger partial charge in [0, 0.05) is 70.0 Å². The zero-order chi connectivity index (χ0) is 55.8. The van der Waals surface area contributed by atoms with E-state index < -0.39 is 46.1 Å². The Bertz CT molecular complexity index is 4190. The summed E-state index contributed by atoms with van der Waals surface area (Å²) in [5.74, 6) is -0.422. The zero-order valence-corrected chi connectivity index (χ0v) is 44.3. The van der Waals surface area contributed by atoms with Gasteiger partial charge in [0.15, 0.2) is 21.3 Å². The number of nitro groups is 1. The number of hydrogen-bond acceptors (Lipinski definition) is 21. The fraction of sp³-hybridized carbons (Fsp3) is 0.0612. The Morgan fingerprint density at radius 3 is 1.90 bits per heavy atom. The van der Waals surface area contributed by atoms with Crippen LogP contribution in [0.4, 0.5) is 28.4 Å². The SMILES string of the molecule is C=CS(=O)(=O)c1ccc(Cc2nc(Cl)nc(Cc3ccc4ccc(N=Nc5cc([N+](=O)[O-])ccc5O)c(O)c4c3)n2)cc1.Cc1nn(-c2ccccc2)c(O)c1N=Nc1c(O)cc(S(=O)(=O)O)c2ccccc12.O=S(=O)=O.[Cr]. The predicted octanol–water partition coefficient (Wildman–Crippen LogP) is 9.91. The monoisotopic (exact) mass is 1170 g/mol. The van der Waals surface area contributed by atoms with E-state index in [9.17, 15) is 51.9 Å². The Balaban J connectivity index is 0.000000246. The second-order valence-electron chi connectivity index (χ2n) is 15.9. The summed E-state index contributed by atoms with van der Waals surface area (Å²) in [6, 6.07) is 34.4. The van der Waals surface area contributed by atoms with Gasteiger partial charge in [-0.2, -0.15) is 18.2 Å². The van der Waals surface area contributed by atoms with Crippen molar-refractivity contribution in [2.24, 2.45) is 20.5 Å². The minimum atomic E-state index is -4.56. The van der Waals surface area contributed by atoms with Crippen molar-refractivity contribution in [3.8, 4) is 28.8 Å². The van der Waals surface area contributed by atoms with E-state index in [1.165, 1.54) is 35.0 Å². The molecule has 0 amide bonds. The third-order valence-electron chi connectivity index (χ3n) is 10.9. The molecule has 0 spiro atoms. The second kappa shape index (κ2) is 24.9. The van der Waals surface area contributed by atoms with E-state index in [4.69, 9.17) is 24.2 Å². The van der Waals surface area contributed by atoms with Crippen molar-refractivity contribution in [3.05, 3.63) is 189 Å². The summed E-state index contributed by atoms with van der Waals surface area (Å²) in [7, 11) is -11.2. The molecule has 0 radical (unpaired) electrons. The Kier molecular flexibility index (Phi) is 18.6. The summed E-state index contributed by atoms with van der Waals surface area (Å²) in [6.07, 6.45) is 0.547. The van der Waals surface area contributed by atoms with Crippen molar-refractivity contribution in [3.63, 3.8) is 0 Å². The molecule has 0 bridgehead atoms. The molecule has 9 rings (SSSR count). The molecule has 0 aliphatic carbocycles. The minimum Gasteiger partial charge on any atom is -0.506 e. The fourth-order valence-corrected chi connectivity index (χ4v) is 8.92. The minimum absolute atomic E-state index is 0. The van der Waals surface area contributed by atoms with Crippen LogP contribution in [-0.4, -0.2) is 84.1 Å². The van der Waals surface area contributed by atoms with E-state index in [2.05, 4.69) is 47.1 Å². The van der Waals surface area contributed by atoms with Gasteiger partial charge in [-0.15, -0.1) is 33.1 Å². The molecule has 29 heteroatoms. The smallest absolute Gasteiger partial charge is 0.425 e. The molecule has 0 saturated heterocycles. The number of phenolic OH excluding ortho intramolecular Hbond substituents is 3. The number of nitrogens with zero attached hydrogens (tertiary/aromatic N) is 10. The first-order chi connectivity index (χ1) is 36.5. The molecule has 0 saturated carbocycles. The number of aryl methyl sites for hydroxylation is 1. The molecule has 2 heterocycles. The molecular formula is C49H37ClCrN10O14S3. The molecule has 5 N–H and O–H groups in total. The summed E-state index contributed by atoms with van der Waals surface area (Å²) in [5.41, 5.74) is 2.34. The number of halogens is 1. The number of aromatic hydroxyl groups is 4. The van der Waals surface area contributed by atoms with E-state index in [1.54, 1.807) is 73.7 Å². The number of non-ortho nitro benzene ring substituents is 1. The van der Waals surface area contributed by atoms with Crippen LogP contribution >= 0.6 is 11.6 Å². The molecule has 9 aromatic rings. The van der Waals surface area contributed by atoms with Crippen LogP contribution in [0.3, 0.4) is 0 Å². The third kappa shape index (κ3) is 14.1. The average Bonchev–Trinajstić information content (AvgIpc) is 3.72. The van der Waals surface area contributed by atoms with Gasteiger partial charge in [0.1, 0.15) is 45.1 Å². The maximum absolute atomic E-state index is 12.0. The third-order valence-corrected chi connectivity index (χ3v) is 13.3. The normalized spacial score (nSPS) is 11.4. The van der Waals surface area contributed by atoms with Crippen LogP contribution in [-0.2, 0) is 60.8 Å². The Hall–Kier alpha value is -8.88. The maximum atomic E-state index is 12.0. The van der Waals surface area contributed by atoms with Crippen LogP contribution in [0.25, 0.3) is 27.2 Å².